The van der Waals surface area contributed by atoms with Crippen LogP contribution in [0.15, 0.2) is 60.3 Å². The minimum Gasteiger partial charge on any atom is -0.497 e. The van der Waals surface area contributed by atoms with E-state index in [4.69, 9.17) is 24.7 Å². The number of esters is 2. The zero-order valence-electron chi connectivity index (χ0n) is 17.6. The van der Waals surface area contributed by atoms with Crippen LogP contribution < -0.4 is 20.5 Å². The molecular formula is C22H28N2O6. The fraction of sp³-hybridized carbons (Fsp3) is 0.273. The summed E-state index contributed by atoms with van der Waals surface area (Å²) in [5, 5.41) is 2.85. The molecule has 0 heterocycles. The first-order valence-electron chi connectivity index (χ1n) is 9.29. The second-order valence-electron chi connectivity index (χ2n) is 5.65. The molecule has 0 unspecified atom stereocenters. The van der Waals surface area contributed by atoms with Gasteiger partial charge in [-0.3, -0.25) is 0 Å². The Bertz CT molecular complexity index is 831. The molecule has 0 bridgehead atoms. The Labute approximate surface area is 176 Å². The van der Waals surface area contributed by atoms with Gasteiger partial charge in [0.25, 0.3) is 0 Å². The van der Waals surface area contributed by atoms with Crippen LogP contribution in [0.5, 0.6) is 11.5 Å². The van der Waals surface area contributed by atoms with Crippen LogP contribution in [-0.2, 0) is 19.1 Å². The molecule has 2 aromatic rings. The molecule has 0 aliphatic carbocycles. The van der Waals surface area contributed by atoms with Crippen LogP contribution in [0.3, 0.4) is 0 Å². The molecule has 8 nitrogen and oxygen atoms in total. The van der Waals surface area contributed by atoms with Crippen molar-refractivity contribution in [1.82, 2.24) is 0 Å². The lowest BCUT2D eigenvalue weighted by Gasteiger charge is -2.08. The smallest absolute Gasteiger partial charge is 0.347 e. The van der Waals surface area contributed by atoms with E-state index in [9.17, 15) is 9.59 Å². The van der Waals surface area contributed by atoms with Crippen molar-refractivity contribution in [3.05, 3.63) is 60.3 Å². The van der Waals surface area contributed by atoms with Gasteiger partial charge in [0, 0.05) is 29.7 Å². The van der Waals surface area contributed by atoms with Gasteiger partial charge in [-0.2, -0.15) is 0 Å². The van der Waals surface area contributed by atoms with Gasteiger partial charge in [0.15, 0.2) is 5.57 Å². The standard InChI is InChI=1S/C15H19NO5.C7H9NO/c1-4-20-14(17)13(15(18)21-5-2)10-16-11-7-6-8-12(9-11)19-3;1-9-7-4-2-3-6(8)5-7/h6-10,16H,4-5H2,1-3H3;2-5H,8H2,1H3. The number of nitrogen functional groups attached to an aromatic ring is 1. The average molecular weight is 416 g/mol. The first kappa shape index (κ1) is 24.4. The molecule has 162 valence electrons. The summed E-state index contributed by atoms with van der Waals surface area (Å²) in [5.74, 6) is -0.00471. The average Bonchev–Trinajstić information content (AvgIpc) is 2.75. The Hall–Kier alpha value is -3.68. The van der Waals surface area contributed by atoms with Crippen molar-refractivity contribution < 1.29 is 28.5 Å². The van der Waals surface area contributed by atoms with Crippen molar-refractivity contribution in [3.8, 4) is 11.5 Å². The van der Waals surface area contributed by atoms with E-state index in [0.717, 1.165) is 11.4 Å². The van der Waals surface area contributed by atoms with E-state index in [1.54, 1.807) is 58.4 Å². The Morgan fingerprint density at radius 3 is 1.90 bits per heavy atom. The summed E-state index contributed by atoms with van der Waals surface area (Å²) in [6, 6.07) is 14.4. The molecule has 0 aromatic heterocycles. The van der Waals surface area contributed by atoms with Crippen molar-refractivity contribution in [3.63, 3.8) is 0 Å². The van der Waals surface area contributed by atoms with E-state index in [0.29, 0.717) is 11.4 Å². The number of carbonyl (C=O) groups excluding carboxylic acids is 2. The van der Waals surface area contributed by atoms with Crippen LogP contribution >= 0.6 is 0 Å². The van der Waals surface area contributed by atoms with Crippen LogP contribution in [0.25, 0.3) is 0 Å². The van der Waals surface area contributed by atoms with Crippen molar-refractivity contribution in [2.45, 2.75) is 13.8 Å². The monoisotopic (exact) mass is 416 g/mol. The molecule has 0 atom stereocenters. The summed E-state index contributed by atoms with van der Waals surface area (Å²) in [4.78, 5) is 23.5. The van der Waals surface area contributed by atoms with Gasteiger partial charge in [-0.25, -0.2) is 9.59 Å². The number of methoxy groups -OCH3 is 2. The van der Waals surface area contributed by atoms with E-state index >= 15 is 0 Å². The normalized spacial score (nSPS) is 9.33. The SMILES string of the molecule is CCOC(=O)C(=CNc1cccc(OC)c1)C(=O)OCC.COc1cccc(N)c1. The van der Waals surface area contributed by atoms with Crippen LogP contribution in [0.4, 0.5) is 11.4 Å². The molecule has 0 fully saturated rings. The Morgan fingerprint density at radius 2 is 1.43 bits per heavy atom. The predicted octanol–water partition coefficient (Wildman–Crippen LogP) is 3.39. The molecule has 0 amide bonds. The van der Waals surface area contributed by atoms with E-state index in [1.165, 1.54) is 6.20 Å². The van der Waals surface area contributed by atoms with Crippen LogP contribution in [0.2, 0.25) is 0 Å². The van der Waals surface area contributed by atoms with Crippen molar-refractivity contribution in [2.75, 3.05) is 38.5 Å². The highest BCUT2D eigenvalue weighted by Gasteiger charge is 2.20. The maximum Gasteiger partial charge on any atom is 0.347 e. The maximum atomic E-state index is 11.7. The molecule has 2 rings (SSSR count). The summed E-state index contributed by atoms with van der Waals surface area (Å²) in [6.45, 7) is 3.68. The summed E-state index contributed by atoms with van der Waals surface area (Å²) < 4.78 is 19.7. The lowest BCUT2D eigenvalue weighted by molar-refractivity contribution is -0.146. The molecule has 0 aliphatic rings. The second kappa shape index (κ2) is 13.5. The molecular weight excluding hydrogens is 388 g/mol. The lowest BCUT2D eigenvalue weighted by atomic mass is 10.2. The summed E-state index contributed by atoms with van der Waals surface area (Å²) >= 11 is 0. The van der Waals surface area contributed by atoms with Crippen LogP contribution in [-0.4, -0.2) is 39.4 Å². The number of nitrogens with two attached hydrogens (primary N) is 1. The maximum absolute atomic E-state index is 11.7. The molecule has 0 spiro atoms. The van der Waals surface area contributed by atoms with Gasteiger partial charge in [0.1, 0.15) is 11.5 Å². The van der Waals surface area contributed by atoms with Gasteiger partial charge < -0.3 is 30.0 Å². The van der Waals surface area contributed by atoms with E-state index in [2.05, 4.69) is 5.32 Å². The third-order valence-corrected chi connectivity index (χ3v) is 3.54. The Kier molecular flexibility index (Phi) is 11.0. The predicted molar refractivity (Wildman–Crippen MR) is 115 cm³/mol. The molecule has 2 aromatic carbocycles. The first-order chi connectivity index (χ1) is 14.4. The zero-order chi connectivity index (χ0) is 22.4. The zero-order valence-corrected chi connectivity index (χ0v) is 17.6. The van der Waals surface area contributed by atoms with Crippen molar-refractivity contribution in [2.24, 2.45) is 0 Å². The number of rotatable bonds is 8. The van der Waals surface area contributed by atoms with Gasteiger partial charge in [-0.1, -0.05) is 12.1 Å². The van der Waals surface area contributed by atoms with Gasteiger partial charge in [0.05, 0.1) is 27.4 Å². The van der Waals surface area contributed by atoms with E-state index in [1.807, 2.05) is 18.2 Å². The molecule has 0 radical (unpaired) electrons. The van der Waals surface area contributed by atoms with Crippen LogP contribution in [0.1, 0.15) is 13.8 Å². The largest absolute Gasteiger partial charge is 0.497 e. The van der Waals surface area contributed by atoms with E-state index < -0.39 is 11.9 Å². The number of benzene rings is 2. The molecule has 0 saturated heterocycles. The van der Waals surface area contributed by atoms with Gasteiger partial charge in [0.2, 0.25) is 0 Å². The highest BCUT2D eigenvalue weighted by atomic mass is 16.6. The topological polar surface area (TPSA) is 109 Å². The fourth-order valence-corrected chi connectivity index (χ4v) is 2.13. The van der Waals surface area contributed by atoms with Crippen molar-refractivity contribution in [1.29, 1.82) is 0 Å². The number of nitrogens with one attached hydrogen (secondary N) is 1. The molecule has 30 heavy (non-hydrogen) atoms. The minimum atomic E-state index is -0.730. The quantitative estimate of drug-likeness (QED) is 0.222. The Morgan fingerprint density at radius 1 is 0.900 bits per heavy atom. The number of anilines is 2. The van der Waals surface area contributed by atoms with Gasteiger partial charge >= 0.3 is 11.9 Å². The molecule has 8 heteroatoms. The summed E-state index contributed by atoms with van der Waals surface area (Å²) in [7, 11) is 3.17. The Balaban J connectivity index is 0.000000414. The summed E-state index contributed by atoms with van der Waals surface area (Å²) in [5.41, 5.74) is 6.66. The van der Waals surface area contributed by atoms with Gasteiger partial charge in [-0.15, -0.1) is 0 Å². The minimum absolute atomic E-state index is 0.175. The van der Waals surface area contributed by atoms with Crippen LogP contribution in [0, 0.1) is 0 Å². The summed E-state index contributed by atoms with van der Waals surface area (Å²) in [6.07, 6.45) is 1.27. The number of hydrogen-bond acceptors (Lipinski definition) is 8. The number of ether oxygens (including phenoxy) is 4. The van der Waals surface area contributed by atoms with Crippen molar-refractivity contribution >= 4 is 23.3 Å². The lowest BCUT2D eigenvalue weighted by Crippen LogP contribution is -2.19. The first-order valence-corrected chi connectivity index (χ1v) is 9.29. The third kappa shape index (κ3) is 8.55. The molecule has 0 aliphatic heterocycles. The fourth-order valence-electron chi connectivity index (χ4n) is 2.13. The molecule has 3 N–H and O–H groups in total. The third-order valence-electron chi connectivity index (χ3n) is 3.54. The van der Waals surface area contributed by atoms with Gasteiger partial charge in [-0.05, 0) is 38.1 Å². The number of carbonyl (C=O) groups is 2. The highest BCUT2D eigenvalue weighted by molar-refractivity contribution is 6.14. The molecule has 0 saturated carbocycles. The second-order valence-corrected chi connectivity index (χ2v) is 5.65. The van der Waals surface area contributed by atoms with E-state index in [-0.39, 0.29) is 18.8 Å². The number of hydrogen-bond donors (Lipinski definition) is 2. The highest BCUT2D eigenvalue weighted by Crippen LogP contribution is 2.17.